The molecule has 3 rings (SSSR count). The molecule has 0 saturated carbocycles. The third kappa shape index (κ3) is 2.87. The van der Waals surface area contributed by atoms with Crippen molar-refractivity contribution >= 4 is 23.3 Å². The predicted octanol–water partition coefficient (Wildman–Crippen LogP) is 1.70. The third-order valence-electron chi connectivity index (χ3n) is 3.69. The fraction of sp³-hybridized carbons (Fsp3) is 0.267. The molecular formula is C15H14ClN3O4. The van der Waals surface area contributed by atoms with Crippen LogP contribution in [0.1, 0.15) is 12.5 Å². The first-order chi connectivity index (χ1) is 10.9. The minimum atomic E-state index is -1.12. The lowest BCUT2D eigenvalue weighted by atomic mass is 9.92. The Morgan fingerprint density at radius 1 is 1.48 bits per heavy atom. The van der Waals surface area contributed by atoms with E-state index in [1.807, 2.05) is 19.1 Å². The van der Waals surface area contributed by atoms with Crippen LogP contribution in [0.25, 0.3) is 0 Å². The summed E-state index contributed by atoms with van der Waals surface area (Å²) in [6.07, 6.45) is 1.17. The average molecular weight is 336 g/mol. The number of fused-ring (bicyclic) bond motifs is 1. The molecule has 120 valence electrons. The molecule has 1 aliphatic heterocycles. The van der Waals surface area contributed by atoms with Crippen molar-refractivity contribution in [2.45, 2.75) is 19.0 Å². The molecule has 0 radical (unpaired) electrons. The monoisotopic (exact) mass is 335 g/mol. The molecule has 7 nitrogen and oxygen atoms in total. The Balaban J connectivity index is 2.00. The Morgan fingerprint density at radius 3 is 2.83 bits per heavy atom. The molecule has 0 aliphatic carbocycles. The van der Waals surface area contributed by atoms with Crippen LogP contribution in [0.5, 0.6) is 5.88 Å². The molecule has 1 aromatic heterocycles. The number of halogens is 1. The van der Waals surface area contributed by atoms with Crippen LogP contribution >= 0.6 is 11.6 Å². The summed E-state index contributed by atoms with van der Waals surface area (Å²) in [5, 5.41) is 12.6. The molecule has 2 heterocycles. The molecule has 8 heteroatoms. The summed E-state index contributed by atoms with van der Waals surface area (Å²) in [6.45, 7) is 1.70. The Bertz CT molecular complexity index is 818. The van der Waals surface area contributed by atoms with Crippen molar-refractivity contribution in [1.82, 2.24) is 9.55 Å². The molecule has 0 unspecified atom stereocenters. The van der Waals surface area contributed by atoms with Gasteiger partial charge in [0.1, 0.15) is 19.5 Å². The summed E-state index contributed by atoms with van der Waals surface area (Å²) >= 11 is 5.90. The molecule has 1 atom stereocenters. The van der Waals surface area contributed by atoms with E-state index in [9.17, 15) is 9.59 Å². The maximum atomic E-state index is 12.4. The molecule has 0 amide bonds. The summed E-state index contributed by atoms with van der Waals surface area (Å²) in [5.74, 6) is -0.950. The molecule has 0 spiro atoms. The van der Waals surface area contributed by atoms with Crippen LogP contribution < -0.4 is 15.6 Å². The molecule has 1 aliphatic rings. The second-order valence-corrected chi connectivity index (χ2v) is 5.94. The van der Waals surface area contributed by atoms with Crippen molar-refractivity contribution in [3.63, 3.8) is 0 Å². The number of nitrogens with zero attached hydrogens (tertiary/aromatic N) is 2. The molecule has 1 aromatic carbocycles. The van der Waals surface area contributed by atoms with Crippen LogP contribution in [0.4, 0.5) is 5.69 Å². The van der Waals surface area contributed by atoms with Crippen molar-refractivity contribution in [2.24, 2.45) is 0 Å². The van der Waals surface area contributed by atoms with Gasteiger partial charge in [-0.15, -0.1) is 0 Å². The molecular weight excluding hydrogens is 322 g/mol. The summed E-state index contributed by atoms with van der Waals surface area (Å²) in [7, 11) is 0. The highest BCUT2D eigenvalue weighted by atomic mass is 35.5. The molecule has 23 heavy (non-hydrogen) atoms. The van der Waals surface area contributed by atoms with Crippen LogP contribution in [-0.4, -0.2) is 27.2 Å². The molecule has 0 saturated heterocycles. The maximum Gasteiger partial charge on any atom is 0.323 e. The lowest BCUT2D eigenvalue weighted by Gasteiger charge is -2.36. The van der Waals surface area contributed by atoms with Gasteiger partial charge < -0.3 is 15.2 Å². The van der Waals surface area contributed by atoms with E-state index in [2.05, 4.69) is 10.3 Å². The molecule has 2 aromatic rings. The number of anilines is 1. The van der Waals surface area contributed by atoms with E-state index < -0.39 is 23.6 Å². The summed E-state index contributed by atoms with van der Waals surface area (Å²) in [4.78, 5) is 27.2. The number of aromatic nitrogens is 2. The number of benzene rings is 1. The number of ether oxygens (including phenoxy) is 1. The Labute approximate surface area is 136 Å². The minimum absolute atomic E-state index is 0.150. The van der Waals surface area contributed by atoms with Gasteiger partial charge in [-0.05, 0) is 24.6 Å². The van der Waals surface area contributed by atoms with Crippen molar-refractivity contribution in [3.8, 4) is 5.88 Å². The van der Waals surface area contributed by atoms with Crippen molar-refractivity contribution in [2.75, 3.05) is 11.9 Å². The Hall–Kier alpha value is -2.54. The Morgan fingerprint density at radius 2 is 2.17 bits per heavy atom. The predicted molar refractivity (Wildman–Crippen MR) is 84.1 cm³/mol. The van der Waals surface area contributed by atoms with Gasteiger partial charge in [0.25, 0.3) is 5.56 Å². The zero-order valence-electron chi connectivity index (χ0n) is 12.2. The van der Waals surface area contributed by atoms with Gasteiger partial charge in [0.05, 0.1) is 5.54 Å². The largest absolute Gasteiger partial charge is 0.480 e. The second-order valence-electron chi connectivity index (χ2n) is 5.50. The number of carbonyl (C=O) groups is 1. The number of aliphatic carboxylic acids is 1. The van der Waals surface area contributed by atoms with Gasteiger partial charge >= 0.3 is 5.97 Å². The zero-order chi connectivity index (χ0) is 16.6. The van der Waals surface area contributed by atoms with E-state index in [1.54, 1.807) is 12.1 Å². The second kappa shape index (κ2) is 5.58. The highest BCUT2D eigenvalue weighted by molar-refractivity contribution is 6.30. The quantitative estimate of drug-likeness (QED) is 0.886. The smallest absolute Gasteiger partial charge is 0.323 e. The van der Waals surface area contributed by atoms with E-state index in [0.29, 0.717) is 5.02 Å². The third-order valence-corrected chi connectivity index (χ3v) is 3.94. The summed E-state index contributed by atoms with van der Waals surface area (Å²) in [5.41, 5.74) is -0.101. The van der Waals surface area contributed by atoms with E-state index in [1.165, 1.54) is 6.33 Å². The van der Waals surface area contributed by atoms with Gasteiger partial charge in [0.15, 0.2) is 5.69 Å². The van der Waals surface area contributed by atoms with Crippen LogP contribution in [0.3, 0.4) is 0 Å². The van der Waals surface area contributed by atoms with Gasteiger partial charge in [-0.1, -0.05) is 23.7 Å². The maximum absolute atomic E-state index is 12.4. The number of hydrogen-bond acceptors (Lipinski definition) is 5. The van der Waals surface area contributed by atoms with E-state index in [-0.39, 0.29) is 18.2 Å². The SMILES string of the molecule is C[C@]1(c2ccc(Cl)cc2)COc2ncn(CC(=O)O)c(=O)c2N1. The Kier molecular flexibility index (Phi) is 3.73. The number of rotatable bonds is 3. The number of carboxylic acids is 1. The normalized spacial score (nSPS) is 19.4. The van der Waals surface area contributed by atoms with E-state index in [0.717, 1.165) is 10.1 Å². The van der Waals surface area contributed by atoms with Gasteiger partial charge in [-0.3, -0.25) is 14.2 Å². The zero-order valence-corrected chi connectivity index (χ0v) is 13.0. The molecule has 0 fully saturated rings. The number of hydrogen-bond donors (Lipinski definition) is 2. The number of carboxylic acid groups (broad SMARTS) is 1. The van der Waals surface area contributed by atoms with Crippen molar-refractivity contribution < 1.29 is 14.6 Å². The van der Waals surface area contributed by atoms with Crippen LogP contribution in [-0.2, 0) is 16.9 Å². The summed E-state index contributed by atoms with van der Waals surface area (Å²) in [6, 6.07) is 7.20. The lowest BCUT2D eigenvalue weighted by molar-refractivity contribution is -0.137. The average Bonchev–Trinajstić information content (AvgIpc) is 2.51. The van der Waals surface area contributed by atoms with Gasteiger partial charge in [-0.25, -0.2) is 4.98 Å². The fourth-order valence-corrected chi connectivity index (χ4v) is 2.57. The first-order valence-corrected chi connectivity index (χ1v) is 7.25. The first-order valence-electron chi connectivity index (χ1n) is 6.87. The topological polar surface area (TPSA) is 93.5 Å². The lowest BCUT2D eigenvalue weighted by Crippen LogP contribution is -2.44. The minimum Gasteiger partial charge on any atom is -0.480 e. The standard InChI is InChI=1S/C15H14ClN3O4/c1-15(9-2-4-10(16)5-3-9)7-23-13-12(18-15)14(22)19(8-17-13)6-11(20)21/h2-5,8,18H,6-7H2,1H3,(H,20,21)/t15-/m1/s1. The number of nitrogens with one attached hydrogen (secondary N) is 1. The van der Waals surface area contributed by atoms with E-state index in [4.69, 9.17) is 21.4 Å². The van der Waals surface area contributed by atoms with Crippen molar-refractivity contribution in [3.05, 3.63) is 51.5 Å². The van der Waals surface area contributed by atoms with Gasteiger partial charge in [-0.2, -0.15) is 0 Å². The van der Waals surface area contributed by atoms with Crippen LogP contribution in [0.15, 0.2) is 35.4 Å². The van der Waals surface area contributed by atoms with Gasteiger partial charge in [0, 0.05) is 5.02 Å². The first kappa shape index (κ1) is 15.4. The highest BCUT2D eigenvalue weighted by Gasteiger charge is 2.35. The summed E-state index contributed by atoms with van der Waals surface area (Å²) < 4.78 is 6.62. The molecule has 0 bridgehead atoms. The fourth-order valence-electron chi connectivity index (χ4n) is 2.45. The highest BCUT2D eigenvalue weighted by Crippen LogP contribution is 2.34. The molecule has 2 N–H and O–H groups in total. The van der Waals surface area contributed by atoms with Gasteiger partial charge in [0.2, 0.25) is 5.88 Å². The van der Waals surface area contributed by atoms with E-state index >= 15 is 0 Å². The van der Waals surface area contributed by atoms with Crippen LogP contribution in [0.2, 0.25) is 5.02 Å². The van der Waals surface area contributed by atoms with Crippen LogP contribution in [0, 0.1) is 0 Å². The van der Waals surface area contributed by atoms with Crippen molar-refractivity contribution in [1.29, 1.82) is 0 Å².